The Morgan fingerprint density at radius 1 is 1.08 bits per heavy atom. The molecule has 25 heavy (non-hydrogen) atoms. The number of hydrogen-bond acceptors (Lipinski definition) is 6. The molecule has 0 fully saturated rings. The number of carbonyl (C=O) groups excluding carboxylic acids is 1. The van der Waals surface area contributed by atoms with Gasteiger partial charge in [0.25, 0.3) is 0 Å². The van der Waals surface area contributed by atoms with Crippen molar-refractivity contribution in [3.8, 4) is 17.4 Å². The summed E-state index contributed by atoms with van der Waals surface area (Å²) in [5.74, 6) is 2.63. The fraction of sp³-hybridized carbons (Fsp3) is 0.389. The van der Waals surface area contributed by atoms with E-state index < -0.39 is 0 Å². The monoisotopic (exact) mass is 344 g/mol. The van der Waals surface area contributed by atoms with Crippen molar-refractivity contribution in [2.24, 2.45) is 0 Å². The molecule has 0 saturated carbocycles. The van der Waals surface area contributed by atoms with Crippen molar-refractivity contribution >= 4 is 11.7 Å². The zero-order chi connectivity index (χ0) is 18.2. The maximum absolute atomic E-state index is 11.6. The minimum atomic E-state index is 0.121. The molecule has 2 rings (SSSR count). The van der Waals surface area contributed by atoms with Crippen LogP contribution in [0.2, 0.25) is 0 Å². The lowest BCUT2D eigenvalue weighted by atomic mass is 10.3. The third-order valence-electron chi connectivity index (χ3n) is 3.77. The van der Waals surface area contributed by atoms with Crippen LogP contribution in [0.1, 0.15) is 13.3 Å². The number of anilines is 1. The number of hydrogen-bond donors (Lipinski definition) is 0. The van der Waals surface area contributed by atoms with Crippen LogP contribution in [-0.4, -0.2) is 55.1 Å². The van der Waals surface area contributed by atoms with E-state index in [0.29, 0.717) is 37.0 Å². The third-order valence-corrected chi connectivity index (χ3v) is 3.77. The fourth-order valence-electron chi connectivity index (χ4n) is 2.15. The molecule has 1 aromatic heterocycles. The number of benzene rings is 1. The Labute approximate surface area is 148 Å². The molecule has 0 aliphatic rings. The molecule has 1 amide bonds. The van der Waals surface area contributed by atoms with E-state index in [2.05, 4.69) is 9.97 Å². The lowest BCUT2D eigenvalue weighted by Gasteiger charge is -2.22. The highest BCUT2D eigenvalue weighted by atomic mass is 16.5. The third kappa shape index (κ3) is 5.34. The summed E-state index contributed by atoms with van der Waals surface area (Å²) in [4.78, 5) is 23.9. The molecule has 0 bridgehead atoms. The number of methoxy groups -OCH3 is 1. The maximum Gasteiger partial charge on any atom is 0.239 e. The second-order valence-corrected chi connectivity index (χ2v) is 5.58. The Bertz CT molecular complexity index is 691. The van der Waals surface area contributed by atoms with Crippen LogP contribution in [-0.2, 0) is 4.79 Å². The Morgan fingerprint density at radius 2 is 1.76 bits per heavy atom. The summed E-state index contributed by atoms with van der Waals surface area (Å²) in [6, 6.07) is 7.25. The van der Waals surface area contributed by atoms with Crippen LogP contribution >= 0.6 is 0 Å². The number of aromatic nitrogens is 2. The van der Waals surface area contributed by atoms with Crippen molar-refractivity contribution in [1.82, 2.24) is 14.9 Å². The first-order chi connectivity index (χ1) is 12.0. The summed E-state index contributed by atoms with van der Waals surface area (Å²) >= 11 is 0. The standard InChI is InChI=1S/C18H24N4O3/c1-5-18(23)22(3)11-10-21(2)16-12-19-13-17(20-16)25-15-8-6-14(24-4)7-9-15/h6-9,12-13H,5,10-11H2,1-4H3. The summed E-state index contributed by atoms with van der Waals surface area (Å²) in [6.07, 6.45) is 3.74. The molecular formula is C18H24N4O3. The number of carbonyl (C=O) groups is 1. The largest absolute Gasteiger partial charge is 0.497 e. The molecule has 1 aromatic carbocycles. The van der Waals surface area contributed by atoms with E-state index in [4.69, 9.17) is 9.47 Å². The minimum absolute atomic E-state index is 0.121. The minimum Gasteiger partial charge on any atom is -0.497 e. The van der Waals surface area contributed by atoms with Gasteiger partial charge in [0.05, 0.1) is 19.5 Å². The van der Waals surface area contributed by atoms with Gasteiger partial charge in [-0.15, -0.1) is 0 Å². The summed E-state index contributed by atoms with van der Waals surface area (Å²) in [5.41, 5.74) is 0. The second kappa shape index (κ2) is 8.86. The predicted molar refractivity (Wildman–Crippen MR) is 96.3 cm³/mol. The van der Waals surface area contributed by atoms with Crippen LogP contribution in [0.3, 0.4) is 0 Å². The van der Waals surface area contributed by atoms with Crippen LogP contribution in [0.4, 0.5) is 5.82 Å². The van der Waals surface area contributed by atoms with Gasteiger partial charge in [0.2, 0.25) is 11.8 Å². The van der Waals surface area contributed by atoms with Crippen LogP contribution in [0.5, 0.6) is 17.4 Å². The van der Waals surface area contributed by atoms with Gasteiger partial charge in [-0.25, -0.2) is 0 Å². The van der Waals surface area contributed by atoms with Gasteiger partial charge >= 0.3 is 0 Å². The molecule has 0 atom stereocenters. The quantitative estimate of drug-likeness (QED) is 0.733. The molecule has 0 spiro atoms. The predicted octanol–water partition coefficient (Wildman–Crippen LogP) is 2.58. The first-order valence-electron chi connectivity index (χ1n) is 8.12. The van der Waals surface area contributed by atoms with Crippen molar-refractivity contribution in [3.05, 3.63) is 36.7 Å². The highest BCUT2D eigenvalue weighted by Crippen LogP contribution is 2.23. The van der Waals surface area contributed by atoms with Gasteiger partial charge in [-0.2, -0.15) is 4.98 Å². The lowest BCUT2D eigenvalue weighted by molar-refractivity contribution is -0.129. The summed E-state index contributed by atoms with van der Waals surface area (Å²) in [7, 11) is 5.33. The fourth-order valence-corrected chi connectivity index (χ4v) is 2.15. The van der Waals surface area contributed by atoms with E-state index >= 15 is 0 Å². The van der Waals surface area contributed by atoms with Crippen LogP contribution in [0.25, 0.3) is 0 Å². The Kier molecular flexibility index (Phi) is 6.56. The van der Waals surface area contributed by atoms with Crippen LogP contribution in [0.15, 0.2) is 36.7 Å². The van der Waals surface area contributed by atoms with Crippen molar-refractivity contribution in [2.75, 3.05) is 39.2 Å². The van der Waals surface area contributed by atoms with Gasteiger partial charge < -0.3 is 19.3 Å². The van der Waals surface area contributed by atoms with E-state index in [1.54, 1.807) is 31.5 Å². The zero-order valence-corrected chi connectivity index (χ0v) is 15.1. The molecule has 0 N–H and O–H groups in total. The molecule has 0 radical (unpaired) electrons. The number of ether oxygens (including phenoxy) is 2. The molecule has 0 aliphatic carbocycles. The Balaban J connectivity index is 1.98. The summed E-state index contributed by atoms with van der Waals surface area (Å²) in [6.45, 7) is 3.13. The molecule has 1 heterocycles. The molecule has 0 aliphatic heterocycles. The first-order valence-corrected chi connectivity index (χ1v) is 8.12. The zero-order valence-electron chi connectivity index (χ0n) is 15.1. The summed E-state index contributed by atoms with van der Waals surface area (Å²) < 4.78 is 10.9. The SMILES string of the molecule is CCC(=O)N(C)CCN(C)c1cncc(Oc2ccc(OC)cc2)n1. The number of likely N-dealkylation sites (N-methyl/N-ethyl adjacent to an activating group) is 2. The molecule has 0 saturated heterocycles. The number of amides is 1. The molecular weight excluding hydrogens is 320 g/mol. The normalized spacial score (nSPS) is 10.2. The average Bonchev–Trinajstić information content (AvgIpc) is 2.66. The van der Waals surface area contributed by atoms with E-state index in [9.17, 15) is 4.79 Å². The summed E-state index contributed by atoms with van der Waals surface area (Å²) in [5, 5.41) is 0. The topological polar surface area (TPSA) is 67.8 Å². The number of nitrogens with zero attached hydrogens (tertiary/aromatic N) is 4. The van der Waals surface area contributed by atoms with Gasteiger partial charge in [-0.3, -0.25) is 9.78 Å². The highest BCUT2D eigenvalue weighted by Gasteiger charge is 2.10. The molecule has 2 aromatic rings. The van der Waals surface area contributed by atoms with Crippen molar-refractivity contribution in [3.63, 3.8) is 0 Å². The van der Waals surface area contributed by atoms with Gasteiger partial charge in [-0.05, 0) is 24.3 Å². The van der Waals surface area contributed by atoms with Crippen LogP contribution in [0, 0.1) is 0 Å². The van der Waals surface area contributed by atoms with E-state index in [1.807, 2.05) is 43.1 Å². The van der Waals surface area contributed by atoms with Crippen molar-refractivity contribution in [2.45, 2.75) is 13.3 Å². The van der Waals surface area contributed by atoms with Crippen molar-refractivity contribution < 1.29 is 14.3 Å². The van der Waals surface area contributed by atoms with Gasteiger partial charge in [0.1, 0.15) is 11.5 Å². The second-order valence-electron chi connectivity index (χ2n) is 5.58. The first kappa shape index (κ1) is 18.5. The van der Waals surface area contributed by atoms with Gasteiger partial charge in [0.15, 0.2) is 5.82 Å². The maximum atomic E-state index is 11.6. The highest BCUT2D eigenvalue weighted by molar-refractivity contribution is 5.75. The smallest absolute Gasteiger partial charge is 0.239 e. The van der Waals surface area contributed by atoms with E-state index in [1.165, 1.54) is 0 Å². The van der Waals surface area contributed by atoms with E-state index in [0.717, 1.165) is 5.75 Å². The Morgan fingerprint density at radius 3 is 2.40 bits per heavy atom. The molecule has 0 unspecified atom stereocenters. The molecule has 134 valence electrons. The van der Waals surface area contributed by atoms with Crippen molar-refractivity contribution in [1.29, 1.82) is 0 Å². The lowest BCUT2D eigenvalue weighted by Crippen LogP contribution is -2.34. The number of rotatable bonds is 8. The van der Waals surface area contributed by atoms with Gasteiger partial charge in [0, 0.05) is 33.6 Å². The van der Waals surface area contributed by atoms with Crippen LogP contribution < -0.4 is 14.4 Å². The molecule has 7 nitrogen and oxygen atoms in total. The Hall–Kier alpha value is -2.83. The van der Waals surface area contributed by atoms with E-state index in [-0.39, 0.29) is 5.91 Å². The average molecular weight is 344 g/mol. The molecule has 7 heteroatoms. The van der Waals surface area contributed by atoms with Gasteiger partial charge in [-0.1, -0.05) is 6.92 Å².